The average molecular weight is 229 g/mol. The smallest absolute Gasteiger partial charge is 0.164 e. The molecule has 64 valence electrons. The van der Waals surface area contributed by atoms with E-state index < -0.39 is 0 Å². The number of hydrogen-bond donors (Lipinski definition) is 0. The summed E-state index contributed by atoms with van der Waals surface area (Å²) in [4.78, 5) is 11.1. The Morgan fingerprint density at radius 2 is 2.17 bits per heavy atom. The number of methoxy groups -OCH3 is 1. The molecule has 0 N–H and O–H groups in total. The third kappa shape index (κ3) is 1.67. The van der Waals surface area contributed by atoms with E-state index in [0.29, 0.717) is 11.3 Å². The summed E-state index contributed by atoms with van der Waals surface area (Å²) in [5.74, 6) is 0.608. The van der Waals surface area contributed by atoms with Crippen LogP contribution in [-0.2, 0) is 0 Å². The van der Waals surface area contributed by atoms with Crippen molar-refractivity contribution < 1.29 is 9.53 Å². The fourth-order valence-corrected chi connectivity index (χ4v) is 1.64. The summed E-state index contributed by atoms with van der Waals surface area (Å²) in [6.07, 6.45) is 0. The molecular formula is C9H9BrO2. The molecule has 1 aromatic carbocycles. The van der Waals surface area contributed by atoms with Crippen molar-refractivity contribution in [3.05, 3.63) is 28.2 Å². The van der Waals surface area contributed by atoms with Gasteiger partial charge < -0.3 is 4.74 Å². The summed E-state index contributed by atoms with van der Waals surface area (Å²) in [5.41, 5.74) is 0.597. The Morgan fingerprint density at radius 3 is 2.58 bits per heavy atom. The second kappa shape index (κ2) is 3.72. The first-order valence-electron chi connectivity index (χ1n) is 3.50. The second-order valence-corrected chi connectivity index (χ2v) is 3.23. The topological polar surface area (TPSA) is 26.3 Å². The molecule has 1 aromatic rings. The minimum Gasteiger partial charge on any atom is -0.496 e. The number of carbonyl (C=O) groups is 1. The van der Waals surface area contributed by atoms with Crippen LogP contribution >= 0.6 is 15.9 Å². The molecule has 0 heterocycles. The zero-order valence-electron chi connectivity index (χ0n) is 6.93. The minimum absolute atomic E-state index is 0.000625. The Hall–Kier alpha value is -0.830. The van der Waals surface area contributed by atoms with E-state index in [1.54, 1.807) is 13.2 Å². The van der Waals surface area contributed by atoms with E-state index in [0.717, 1.165) is 4.47 Å². The van der Waals surface area contributed by atoms with Crippen LogP contribution in [0.4, 0.5) is 0 Å². The van der Waals surface area contributed by atoms with Crippen LogP contribution in [-0.4, -0.2) is 12.9 Å². The number of halogens is 1. The molecule has 1 rings (SSSR count). The van der Waals surface area contributed by atoms with Crippen LogP contribution < -0.4 is 4.74 Å². The third-order valence-electron chi connectivity index (χ3n) is 1.55. The Labute approximate surface area is 79.7 Å². The van der Waals surface area contributed by atoms with Crippen molar-refractivity contribution in [3.63, 3.8) is 0 Å². The van der Waals surface area contributed by atoms with Gasteiger partial charge in [-0.3, -0.25) is 4.79 Å². The number of hydrogen-bond acceptors (Lipinski definition) is 2. The maximum Gasteiger partial charge on any atom is 0.164 e. The highest BCUT2D eigenvalue weighted by Gasteiger charge is 2.10. The van der Waals surface area contributed by atoms with Gasteiger partial charge in [0, 0.05) is 4.47 Å². The molecular weight excluding hydrogens is 220 g/mol. The number of Topliss-reactive ketones (excluding diaryl/α,β-unsaturated/α-hetero) is 1. The van der Waals surface area contributed by atoms with Gasteiger partial charge in [-0.1, -0.05) is 6.07 Å². The van der Waals surface area contributed by atoms with Gasteiger partial charge in [-0.25, -0.2) is 0 Å². The molecule has 0 spiro atoms. The summed E-state index contributed by atoms with van der Waals surface area (Å²) < 4.78 is 5.81. The molecule has 0 atom stereocenters. The quantitative estimate of drug-likeness (QED) is 0.728. The average Bonchev–Trinajstić information content (AvgIpc) is 2.03. The highest BCUT2D eigenvalue weighted by atomic mass is 79.9. The lowest BCUT2D eigenvalue weighted by atomic mass is 10.1. The summed E-state index contributed by atoms with van der Waals surface area (Å²) in [6, 6.07) is 5.41. The molecule has 2 nitrogen and oxygen atoms in total. The Balaban J connectivity index is 3.29. The molecule has 0 aliphatic heterocycles. The first-order valence-corrected chi connectivity index (χ1v) is 4.29. The Kier molecular flexibility index (Phi) is 2.87. The standard InChI is InChI=1S/C9H9BrO2/c1-6(11)9-7(10)4-3-5-8(9)12-2/h3-5H,1-2H3. The molecule has 0 aliphatic rings. The van der Waals surface area contributed by atoms with Gasteiger partial charge in [0.15, 0.2) is 5.78 Å². The van der Waals surface area contributed by atoms with Crippen LogP contribution in [0.5, 0.6) is 5.75 Å². The number of benzene rings is 1. The van der Waals surface area contributed by atoms with E-state index >= 15 is 0 Å². The number of ketones is 1. The van der Waals surface area contributed by atoms with Gasteiger partial charge in [-0.05, 0) is 35.0 Å². The first kappa shape index (κ1) is 9.26. The molecule has 3 heteroatoms. The van der Waals surface area contributed by atoms with E-state index in [2.05, 4.69) is 15.9 Å². The molecule has 0 bridgehead atoms. The lowest BCUT2D eigenvalue weighted by Crippen LogP contribution is -1.98. The van der Waals surface area contributed by atoms with E-state index in [-0.39, 0.29) is 5.78 Å². The fourth-order valence-electron chi connectivity index (χ4n) is 1.02. The largest absolute Gasteiger partial charge is 0.496 e. The molecule has 0 aromatic heterocycles. The van der Waals surface area contributed by atoms with Crippen LogP contribution in [0.15, 0.2) is 22.7 Å². The van der Waals surface area contributed by atoms with Gasteiger partial charge in [0.25, 0.3) is 0 Å². The number of rotatable bonds is 2. The first-order chi connectivity index (χ1) is 5.66. The van der Waals surface area contributed by atoms with Gasteiger partial charge in [-0.2, -0.15) is 0 Å². The molecule has 0 radical (unpaired) electrons. The predicted molar refractivity (Wildman–Crippen MR) is 50.7 cm³/mol. The van der Waals surface area contributed by atoms with Crippen molar-refractivity contribution in [3.8, 4) is 5.75 Å². The van der Waals surface area contributed by atoms with E-state index in [1.807, 2.05) is 12.1 Å². The zero-order chi connectivity index (χ0) is 9.14. The van der Waals surface area contributed by atoms with E-state index in [1.165, 1.54) is 6.92 Å². The third-order valence-corrected chi connectivity index (χ3v) is 2.21. The Bertz CT molecular complexity index is 307. The molecule has 0 amide bonds. The molecule has 0 unspecified atom stereocenters. The molecule has 0 saturated heterocycles. The van der Waals surface area contributed by atoms with Gasteiger partial charge in [-0.15, -0.1) is 0 Å². The van der Waals surface area contributed by atoms with Gasteiger partial charge in [0.05, 0.1) is 12.7 Å². The molecule has 0 fully saturated rings. The van der Waals surface area contributed by atoms with Crippen LogP contribution in [0.2, 0.25) is 0 Å². The van der Waals surface area contributed by atoms with Crippen molar-refractivity contribution in [1.82, 2.24) is 0 Å². The van der Waals surface area contributed by atoms with Crippen molar-refractivity contribution in [1.29, 1.82) is 0 Å². The molecule has 12 heavy (non-hydrogen) atoms. The van der Waals surface area contributed by atoms with Crippen molar-refractivity contribution in [2.24, 2.45) is 0 Å². The molecule has 0 aliphatic carbocycles. The lowest BCUT2D eigenvalue weighted by Gasteiger charge is -2.06. The minimum atomic E-state index is -0.000625. The highest BCUT2D eigenvalue weighted by molar-refractivity contribution is 9.10. The summed E-state index contributed by atoms with van der Waals surface area (Å²) in [5, 5.41) is 0. The van der Waals surface area contributed by atoms with Gasteiger partial charge in [0.2, 0.25) is 0 Å². The van der Waals surface area contributed by atoms with Crippen LogP contribution in [0.25, 0.3) is 0 Å². The zero-order valence-corrected chi connectivity index (χ0v) is 8.51. The van der Waals surface area contributed by atoms with Crippen molar-refractivity contribution in [2.75, 3.05) is 7.11 Å². The SMILES string of the molecule is COc1cccc(Br)c1C(C)=O. The normalized spacial score (nSPS) is 9.58. The fraction of sp³-hybridized carbons (Fsp3) is 0.222. The monoisotopic (exact) mass is 228 g/mol. The lowest BCUT2D eigenvalue weighted by molar-refractivity contribution is 0.101. The van der Waals surface area contributed by atoms with Crippen LogP contribution in [0.3, 0.4) is 0 Å². The van der Waals surface area contributed by atoms with Crippen molar-refractivity contribution >= 4 is 21.7 Å². The predicted octanol–water partition coefficient (Wildman–Crippen LogP) is 2.66. The maximum absolute atomic E-state index is 11.1. The summed E-state index contributed by atoms with van der Waals surface area (Å²) in [6.45, 7) is 1.52. The van der Waals surface area contributed by atoms with E-state index in [9.17, 15) is 4.79 Å². The van der Waals surface area contributed by atoms with Crippen molar-refractivity contribution in [2.45, 2.75) is 6.92 Å². The number of ether oxygens (including phenoxy) is 1. The van der Waals surface area contributed by atoms with Crippen LogP contribution in [0.1, 0.15) is 17.3 Å². The summed E-state index contributed by atoms with van der Waals surface area (Å²) >= 11 is 3.29. The van der Waals surface area contributed by atoms with Gasteiger partial charge >= 0.3 is 0 Å². The maximum atomic E-state index is 11.1. The van der Waals surface area contributed by atoms with Gasteiger partial charge in [0.1, 0.15) is 5.75 Å². The second-order valence-electron chi connectivity index (χ2n) is 2.37. The highest BCUT2D eigenvalue weighted by Crippen LogP contribution is 2.26. The number of carbonyl (C=O) groups excluding carboxylic acids is 1. The molecule has 0 saturated carbocycles. The van der Waals surface area contributed by atoms with Crippen LogP contribution in [0, 0.1) is 0 Å². The Morgan fingerprint density at radius 1 is 1.50 bits per heavy atom. The van der Waals surface area contributed by atoms with E-state index in [4.69, 9.17) is 4.74 Å². The summed E-state index contributed by atoms with van der Waals surface area (Å²) in [7, 11) is 1.55.